The molecular formula is C19H20N2O3S. The van der Waals surface area contributed by atoms with Crippen LogP contribution in [0.15, 0.2) is 41.8 Å². The fourth-order valence-corrected chi connectivity index (χ4v) is 3.62. The normalized spacial score (nSPS) is 12.7. The highest BCUT2D eigenvalue weighted by Gasteiger charge is 2.24. The summed E-state index contributed by atoms with van der Waals surface area (Å²) in [6, 6.07) is 11.5. The summed E-state index contributed by atoms with van der Waals surface area (Å²) >= 11 is 1.41. The number of hydrogen-bond donors (Lipinski definition) is 1. The quantitative estimate of drug-likeness (QED) is 0.776. The minimum atomic E-state index is -0.195. The van der Waals surface area contributed by atoms with E-state index < -0.39 is 0 Å². The Hall–Kier alpha value is -2.47. The van der Waals surface area contributed by atoms with Gasteiger partial charge in [0, 0.05) is 25.1 Å². The second-order valence-corrected chi connectivity index (χ2v) is 6.90. The number of fused-ring (bicyclic) bond motifs is 1. The summed E-state index contributed by atoms with van der Waals surface area (Å²) in [5.74, 6) is -0.236. The Balaban J connectivity index is 1.39. The van der Waals surface area contributed by atoms with E-state index in [-0.39, 0.29) is 30.6 Å². The number of anilines is 1. The maximum atomic E-state index is 12.3. The standard InChI is InChI=1S/C19H20N2O3S/c22-16(17-8-4-12-25-17)7-3-9-18(23)20-13-19(24)21-11-10-14-5-1-2-6-15(14)21/h1-2,4-6,8,12H,3,7,9-11,13H2,(H,20,23). The van der Waals surface area contributed by atoms with Gasteiger partial charge in [-0.2, -0.15) is 0 Å². The third kappa shape index (κ3) is 4.33. The van der Waals surface area contributed by atoms with E-state index in [0.717, 1.165) is 22.5 Å². The van der Waals surface area contributed by atoms with Crippen LogP contribution >= 0.6 is 11.3 Å². The van der Waals surface area contributed by atoms with Gasteiger partial charge in [-0.1, -0.05) is 24.3 Å². The number of nitrogens with one attached hydrogen (secondary N) is 1. The Morgan fingerprint density at radius 1 is 1.08 bits per heavy atom. The molecule has 1 aliphatic rings. The average molecular weight is 356 g/mol. The van der Waals surface area contributed by atoms with E-state index >= 15 is 0 Å². The van der Waals surface area contributed by atoms with Crippen molar-refractivity contribution in [1.29, 1.82) is 0 Å². The van der Waals surface area contributed by atoms with Crippen molar-refractivity contribution in [2.75, 3.05) is 18.0 Å². The number of nitrogens with zero attached hydrogens (tertiary/aromatic N) is 1. The third-order valence-electron chi connectivity index (χ3n) is 4.23. The van der Waals surface area contributed by atoms with Gasteiger partial charge in [0.1, 0.15) is 0 Å². The first-order valence-corrected chi connectivity index (χ1v) is 9.25. The molecule has 0 aliphatic carbocycles. The summed E-state index contributed by atoms with van der Waals surface area (Å²) < 4.78 is 0. The zero-order valence-corrected chi connectivity index (χ0v) is 14.7. The molecule has 1 aromatic carbocycles. The second kappa shape index (κ2) is 8.07. The Labute approximate surface area is 150 Å². The lowest BCUT2D eigenvalue weighted by molar-refractivity contribution is -0.125. The zero-order chi connectivity index (χ0) is 17.6. The topological polar surface area (TPSA) is 66.5 Å². The van der Waals surface area contributed by atoms with Gasteiger partial charge in [0.05, 0.1) is 11.4 Å². The number of amides is 2. The Bertz CT molecular complexity index is 771. The molecule has 3 rings (SSSR count). The second-order valence-electron chi connectivity index (χ2n) is 5.95. The molecule has 1 N–H and O–H groups in total. The number of ketones is 1. The molecule has 2 heterocycles. The smallest absolute Gasteiger partial charge is 0.246 e. The van der Waals surface area contributed by atoms with E-state index in [1.807, 2.05) is 35.7 Å². The van der Waals surface area contributed by atoms with Crippen molar-refractivity contribution in [2.45, 2.75) is 25.7 Å². The fraction of sp³-hybridized carbons (Fsp3) is 0.316. The van der Waals surface area contributed by atoms with E-state index in [0.29, 0.717) is 19.4 Å². The van der Waals surface area contributed by atoms with Crippen molar-refractivity contribution in [2.24, 2.45) is 0 Å². The van der Waals surface area contributed by atoms with Gasteiger partial charge in [0.15, 0.2) is 5.78 Å². The summed E-state index contributed by atoms with van der Waals surface area (Å²) in [4.78, 5) is 38.5. The predicted octanol–water partition coefficient (Wildman–Crippen LogP) is 2.81. The van der Waals surface area contributed by atoms with Crippen LogP contribution < -0.4 is 10.2 Å². The molecule has 0 fully saturated rings. The summed E-state index contributed by atoms with van der Waals surface area (Å²) in [5.41, 5.74) is 2.09. The van der Waals surface area contributed by atoms with Gasteiger partial charge in [-0.05, 0) is 35.9 Å². The van der Waals surface area contributed by atoms with Gasteiger partial charge in [0.25, 0.3) is 0 Å². The lowest BCUT2D eigenvalue weighted by Crippen LogP contribution is -2.39. The van der Waals surface area contributed by atoms with Crippen LogP contribution in [0.3, 0.4) is 0 Å². The van der Waals surface area contributed by atoms with Crippen LogP contribution in [0, 0.1) is 0 Å². The number of rotatable bonds is 7. The molecule has 1 aliphatic heterocycles. The van der Waals surface area contributed by atoms with Crippen molar-refractivity contribution in [3.63, 3.8) is 0 Å². The monoisotopic (exact) mass is 356 g/mol. The SMILES string of the molecule is O=C(CCCC(=O)c1cccs1)NCC(=O)N1CCc2ccccc21. The minimum Gasteiger partial charge on any atom is -0.347 e. The van der Waals surface area contributed by atoms with Crippen LogP contribution in [0.4, 0.5) is 5.69 Å². The predicted molar refractivity (Wildman–Crippen MR) is 98.0 cm³/mol. The number of carbonyl (C=O) groups excluding carboxylic acids is 3. The molecule has 0 spiro atoms. The third-order valence-corrected chi connectivity index (χ3v) is 5.14. The molecule has 2 aromatic rings. The van der Waals surface area contributed by atoms with Crippen molar-refractivity contribution in [3.8, 4) is 0 Å². The van der Waals surface area contributed by atoms with Crippen LogP contribution in [0.1, 0.15) is 34.5 Å². The van der Waals surface area contributed by atoms with E-state index in [9.17, 15) is 14.4 Å². The van der Waals surface area contributed by atoms with Crippen LogP contribution in [0.25, 0.3) is 0 Å². The molecule has 0 saturated carbocycles. The molecule has 2 amide bonds. The van der Waals surface area contributed by atoms with Crippen molar-refractivity contribution in [3.05, 3.63) is 52.2 Å². The van der Waals surface area contributed by atoms with Gasteiger partial charge < -0.3 is 10.2 Å². The maximum absolute atomic E-state index is 12.3. The van der Waals surface area contributed by atoms with E-state index in [1.54, 1.807) is 11.0 Å². The number of para-hydroxylation sites is 1. The Kier molecular flexibility index (Phi) is 5.60. The van der Waals surface area contributed by atoms with Crippen LogP contribution in [0.5, 0.6) is 0 Å². The molecule has 0 atom stereocenters. The van der Waals surface area contributed by atoms with Gasteiger partial charge in [-0.15, -0.1) is 11.3 Å². The van der Waals surface area contributed by atoms with Crippen LogP contribution in [0.2, 0.25) is 0 Å². The number of benzene rings is 1. The molecule has 0 saturated heterocycles. The lowest BCUT2D eigenvalue weighted by Gasteiger charge is -2.17. The molecule has 0 radical (unpaired) electrons. The molecule has 5 nitrogen and oxygen atoms in total. The fourth-order valence-electron chi connectivity index (χ4n) is 2.93. The summed E-state index contributed by atoms with van der Waals surface area (Å²) in [6.07, 6.45) is 1.94. The van der Waals surface area contributed by atoms with Crippen LogP contribution in [-0.4, -0.2) is 30.7 Å². The minimum absolute atomic E-state index is 0.00790. The molecule has 0 bridgehead atoms. The Morgan fingerprint density at radius 2 is 1.92 bits per heavy atom. The highest BCUT2D eigenvalue weighted by Crippen LogP contribution is 2.27. The highest BCUT2D eigenvalue weighted by molar-refractivity contribution is 7.12. The zero-order valence-electron chi connectivity index (χ0n) is 13.9. The van der Waals surface area contributed by atoms with Crippen molar-refractivity contribution >= 4 is 34.6 Å². The first-order valence-electron chi connectivity index (χ1n) is 8.37. The van der Waals surface area contributed by atoms with E-state index in [1.165, 1.54) is 11.3 Å². The summed E-state index contributed by atoms with van der Waals surface area (Å²) in [6.45, 7) is 0.648. The molecule has 1 aromatic heterocycles. The number of thiophene rings is 1. The molecule has 130 valence electrons. The van der Waals surface area contributed by atoms with Gasteiger partial charge in [0.2, 0.25) is 11.8 Å². The molecular weight excluding hydrogens is 336 g/mol. The Morgan fingerprint density at radius 3 is 2.72 bits per heavy atom. The van der Waals surface area contributed by atoms with Crippen molar-refractivity contribution in [1.82, 2.24) is 5.32 Å². The first kappa shape index (κ1) is 17.4. The van der Waals surface area contributed by atoms with E-state index in [4.69, 9.17) is 0 Å². The van der Waals surface area contributed by atoms with Crippen molar-refractivity contribution < 1.29 is 14.4 Å². The lowest BCUT2D eigenvalue weighted by atomic mass is 10.1. The molecule has 6 heteroatoms. The van der Waals surface area contributed by atoms with E-state index in [2.05, 4.69) is 5.32 Å². The maximum Gasteiger partial charge on any atom is 0.246 e. The number of carbonyl (C=O) groups is 3. The summed E-state index contributed by atoms with van der Waals surface area (Å²) in [7, 11) is 0. The van der Waals surface area contributed by atoms with Gasteiger partial charge in [-0.3, -0.25) is 14.4 Å². The summed E-state index contributed by atoms with van der Waals surface area (Å²) in [5, 5.41) is 4.52. The highest BCUT2D eigenvalue weighted by atomic mass is 32.1. The number of Topliss-reactive ketones (excluding diaryl/α,β-unsaturated/α-hetero) is 1. The molecule has 25 heavy (non-hydrogen) atoms. The average Bonchev–Trinajstić information content (AvgIpc) is 3.29. The van der Waals surface area contributed by atoms with Gasteiger partial charge >= 0.3 is 0 Å². The largest absolute Gasteiger partial charge is 0.347 e. The molecule has 0 unspecified atom stereocenters. The van der Waals surface area contributed by atoms with Gasteiger partial charge in [-0.25, -0.2) is 0 Å². The first-order chi connectivity index (χ1) is 12.1. The number of hydrogen-bond acceptors (Lipinski definition) is 4. The van der Waals surface area contributed by atoms with Crippen LogP contribution in [-0.2, 0) is 16.0 Å².